The van der Waals surface area contributed by atoms with Gasteiger partial charge >= 0.3 is 0 Å². The van der Waals surface area contributed by atoms with Crippen LogP contribution in [0.4, 0.5) is 0 Å². The Hall–Kier alpha value is -2.56. The monoisotopic (exact) mass is 372 g/mol. The molecule has 6 heteroatoms. The Kier molecular flexibility index (Phi) is 5.53. The minimum atomic E-state index is -0.386. The van der Waals surface area contributed by atoms with Crippen molar-refractivity contribution in [3.8, 4) is 5.75 Å². The zero-order valence-electron chi connectivity index (χ0n) is 13.1. The van der Waals surface area contributed by atoms with Crippen LogP contribution in [0.3, 0.4) is 0 Å². The summed E-state index contributed by atoms with van der Waals surface area (Å²) in [7, 11) is 0. The van der Waals surface area contributed by atoms with Crippen molar-refractivity contribution in [2.45, 2.75) is 0 Å². The van der Waals surface area contributed by atoms with Crippen LogP contribution in [-0.2, 0) is 4.79 Å². The molecule has 0 radical (unpaired) electrons. The summed E-state index contributed by atoms with van der Waals surface area (Å²) >= 11 is 11.8. The highest BCUT2D eigenvalue weighted by Crippen LogP contribution is 2.27. The standard InChI is InChI=1S/C19H14Cl2N2O2/c20-16-7-8-18(17(21)10-16)25-12-19(24)23-22-11-13-5-6-14-3-1-2-4-15(14)9-13/h1-11H,12H2,(H,23,24). The van der Waals surface area contributed by atoms with E-state index >= 15 is 0 Å². The van der Waals surface area contributed by atoms with Crippen LogP contribution in [-0.4, -0.2) is 18.7 Å². The Balaban J connectivity index is 1.54. The smallest absolute Gasteiger partial charge is 0.277 e. The average Bonchev–Trinajstić information content (AvgIpc) is 2.61. The second-order valence-electron chi connectivity index (χ2n) is 5.26. The van der Waals surface area contributed by atoms with Gasteiger partial charge < -0.3 is 4.74 Å². The fourth-order valence-electron chi connectivity index (χ4n) is 2.23. The fraction of sp³-hybridized carbons (Fsp3) is 0.0526. The quantitative estimate of drug-likeness (QED) is 0.522. The molecule has 0 unspecified atom stereocenters. The van der Waals surface area contributed by atoms with Gasteiger partial charge in [0.15, 0.2) is 6.61 Å². The minimum Gasteiger partial charge on any atom is -0.482 e. The molecule has 4 nitrogen and oxygen atoms in total. The highest BCUT2D eigenvalue weighted by molar-refractivity contribution is 6.35. The third-order valence-electron chi connectivity index (χ3n) is 3.43. The summed E-state index contributed by atoms with van der Waals surface area (Å²) in [6, 6.07) is 18.8. The number of nitrogens with zero attached hydrogens (tertiary/aromatic N) is 1. The molecule has 0 fully saturated rings. The Morgan fingerprint density at radius 1 is 1.04 bits per heavy atom. The van der Waals surface area contributed by atoms with Crippen molar-refractivity contribution in [2.24, 2.45) is 5.10 Å². The zero-order chi connectivity index (χ0) is 17.6. The lowest BCUT2D eigenvalue weighted by Gasteiger charge is -2.07. The van der Waals surface area contributed by atoms with Crippen molar-refractivity contribution in [2.75, 3.05) is 6.61 Å². The molecule has 0 aliphatic heterocycles. The van der Waals surface area contributed by atoms with Gasteiger partial charge in [-0.05, 0) is 40.6 Å². The van der Waals surface area contributed by atoms with Gasteiger partial charge in [-0.3, -0.25) is 4.79 Å². The van der Waals surface area contributed by atoms with E-state index in [1.54, 1.807) is 24.4 Å². The van der Waals surface area contributed by atoms with Gasteiger partial charge in [-0.15, -0.1) is 0 Å². The molecule has 0 spiro atoms. The van der Waals surface area contributed by atoms with E-state index in [4.69, 9.17) is 27.9 Å². The van der Waals surface area contributed by atoms with Crippen LogP contribution in [0.5, 0.6) is 5.75 Å². The normalized spacial score (nSPS) is 11.0. The first-order chi connectivity index (χ1) is 12.1. The van der Waals surface area contributed by atoms with Crippen LogP contribution in [0.15, 0.2) is 65.8 Å². The van der Waals surface area contributed by atoms with E-state index in [9.17, 15) is 4.79 Å². The van der Waals surface area contributed by atoms with Crippen LogP contribution in [0, 0.1) is 0 Å². The lowest BCUT2D eigenvalue weighted by atomic mass is 10.1. The highest BCUT2D eigenvalue weighted by atomic mass is 35.5. The van der Waals surface area contributed by atoms with Gasteiger partial charge in [0.05, 0.1) is 11.2 Å². The van der Waals surface area contributed by atoms with E-state index in [2.05, 4.69) is 10.5 Å². The second-order valence-corrected chi connectivity index (χ2v) is 6.11. The number of halogens is 2. The fourth-order valence-corrected chi connectivity index (χ4v) is 2.70. The topological polar surface area (TPSA) is 50.7 Å². The van der Waals surface area contributed by atoms with E-state index < -0.39 is 0 Å². The molecule has 3 aromatic rings. The lowest BCUT2D eigenvalue weighted by Crippen LogP contribution is -2.24. The van der Waals surface area contributed by atoms with Gasteiger partial charge in [0, 0.05) is 5.02 Å². The number of hydrogen-bond acceptors (Lipinski definition) is 3. The minimum absolute atomic E-state index is 0.198. The van der Waals surface area contributed by atoms with Gasteiger partial charge in [0.25, 0.3) is 5.91 Å². The van der Waals surface area contributed by atoms with Gasteiger partial charge in [-0.25, -0.2) is 5.43 Å². The summed E-state index contributed by atoms with van der Waals surface area (Å²) in [4.78, 5) is 11.8. The first kappa shape index (κ1) is 17.3. The van der Waals surface area contributed by atoms with Crippen molar-refractivity contribution >= 4 is 46.1 Å². The van der Waals surface area contributed by atoms with Crippen LogP contribution < -0.4 is 10.2 Å². The molecular weight excluding hydrogens is 359 g/mol. The summed E-state index contributed by atoms with van der Waals surface area (Å²) < 4.78 is 5.34. The van der Waals surface area contributed by atoms with Gasteiger partial charge in [-0.1, -0.05) is 59.6 Å². The van der Waals surface area contributed by atoms with E-state index in [0.717, 1.165) is 16.3 Å². The molecule has 1 amide bonds. The maximum absolute atomic E-state index is 11.8. The van der Waals surface area contributed by atoms with E-state index in [1.165, 1.54) is 0 Å². The van der Waals surface area contributed by atoms with Crippen LogP contribution in [0.25, 0.3) is 10.8 Å². The molecular formula is C19H14Cl2N2O2. The number of carbonyl (C=O) groups excluding carboxylic acids is 1. The number of amides is 1. The Bertz CT molecular complexity index is 942. The molecule has 25 heavy (non-hydrogen) atoms. The van der Waals surface area contributed by atoms with Crippen molar-refractivity contribution < 1.29 is 9.53 Å². The SMILES string of the molecule is O=C(COc1ccc(Cl)cc1Cl)NN=Cc1ccc2ccccc2c1. The maximum atomic E-state index is 11.8. The molecule has 0 heterocycles. The molecule has 126 valence electrons. The van der Waals surface area contributed by atoms with Crippen molar-refractivity contribution in [3.63, 3.8) is 0 Å². The zero-order valence-corrected chi connectivity index (χ0v) is 14.6. The van der Waals surface area contributed by atoms with E-state index in [0.29, 0.717) is 15.8 Å². The Morgan fingerprint density at radius 2 is 1.84 bits per heavy atom. The third kappa shape index (κ3) is 4.72. The molecule has 0 bridgehead atoms. The van der Waals surface area contributed by atoms with Gasteiger partial charge in [0.2, 0.25) is 0 Å². The molecule has 1 N–H and O–H groups in total. The van der Waals surface area contributed by atoms with Crippen molar-refractivity contribution in [3.05, 3.63) is 76.3 Å². The molecule has 0 aliphatic carbocycles. The Morgan fingerprint density at radius 3 is 2.64 bits per heavy atom. The number of ether oxygens (including phenoxy) is 1. The molecule has 3 aromatic carbocycles. The number of nitrogens with one attached hydrogen (secondary N) is 1. The molecule has 0 saturated carbocycles. The summed E-state index contributed by atoms with van der Waals surface area (Å²) in [6.45, 7) is -0.198. The largest absolute Gasteiger partial charge is 0.482 e. The number of benzene rings is 3. The van der Waals surface area contributed by atoms with Crippen molar-refractivity contribution in [1.82, 2.24) is 5.43 Å². The second kappa shape index (κ2) is 8.01. The predicted octanol–water partition coefficient (Wildman–Crippen LogP) is 4.68. The van der Waals surface area contributed by atoms with Crippen LogP contribution in [0.2, 0.25) is 10.0 Å². The number of rotatable bonds is 5. The van der Waals surface area contributed by atoms with E-state index in [-0.39, 0.29) is 12.5 Å². The lowest BCUT2D eigenvalue weighted by molar-refractivity contribution is -0.123. The number of hydrazone groups is 1. The highest BCUT2D eigenvalue weighted by Gasteiger charge is 2.05. The number of hydrogen-bond donors (Lipinski definition) is 1. The molecule has 0 aromatic heterocycles. The third-order valence-corrected chi connectivity index (χ3v) is 3.96. The summed E-state index contributed by atoms with van der Waals surface area (Å²) in [6.07, 6.45) is 1.58. The number of fused-ring (bicyclic) bond motifs is 1. The molecule has 0 saturated heterocycles. The summed E-state index contributed by atoms with van der Waals surface area (Å²) in [5.74, 6) is 0.00258. The van der Waals surface area contributed by atoms with Crippen LogP contribution in [0.1, 0.15) is 5.56 Å². The van der Waals surface area contributed by atoms with Gasteiger partial charge in [-0.2, -0.15) is 5.10 Å². The average molecular weight is 373 g/mol. The summed E-state index contributed by atoms with van der Waals surface area (Å²) in [5.41, 5.74) is 3.31. The van der Waals surface area contributed by atoms with Crippen molar-refractivity contribution in [1.29, 1.82) is 0 Å². The Labute approximate surface area is 155 Å². The summed E-state index contributed by atoms with van der Waals surface area (Å²) in [5, 5.41) is 7.05. The number of carbonyl (C=O) groups is 1. The van der Waals surface area contributed by atoms with Crippen LogP contribution >= 0.6 is 23.2 Å². The molecule has 3 rings (SSSR count). The van der Waals surface area contributed by atoms with E-state index in [1.807, 2.05) is 42.5 Å². The molecule has 0 atom stereocenters. The predicted molar refractivity (Wildman–Crippen MR) is 102 cm³/mol. The van der Waals surface area contributed by atoms with Gasteiger partial charge in [0.1, 0.15) is 5.75 Å². The maximum Gasteiger partial charge on any atom is 0.277 e. The first-order valence-corrected chi connectivity index (χ1v) is 8.26. The first-order valence-electron chi connectivity index (χ1n) is 7.50. The molecule has 0 aliphatic rings.